The van der Waals surface area contributed by atoms with Gasteiger partial charge in [0.2, 0.25) is 0 Å². The van der Waals surface area contributed by atoms with Crippen LogP contribution >= 0.6 is 0 Å². The number of benzene rings is 1. The Kier molecular flexibility index (Phi) is 2.96. The van der Waals surface area contributed by atoms with E-state index in [9.17, 15) is 4.79 Å². The fourth-order valence-corrected chi connectivity index (χ4v) is 2.80. The molecule has 3 rings (SSSR count). The van der Waals surface area contributed by atoms with Gasteiger partial charge in [0.05, 0.1) is 0 Å². The van der Waals surface area contributed by atoms with Gasteiger partial charge in [0.25, 0.3) is 5.91 Å². The van der Waals surface area contributed by atoms with E-state index >= 15 is 0 Å². The summed E-state index contributed by atoms with van der Waals surface area (Å²) in [5.41, 5.74) is 9.18. The van der Waals surface area contributed by atoms with Gasteiger partial charge in [-0.3, -0.25) is 4.79 Å². The molecular formula is C14H18N2O2. The highest BCUT2D eigenvalue weighted by molar-refractivity contribution is 5.81. The Morgan fingerprint density at radius 3 is 3.11 bits per heavy atom. The molecule has 0 bridgehead atoms. The second-order valence-corrected chi connectivity index (χ2v) is 5.00. The molecule has 1 saturated heterocycles. The molecule has 96 valence electrons. The number of ether oxygens (including phenoxy) is 1. The number of carbonyl (C=O) groups excluding carboxylic acids is 1. The minimum absolute atomic E-state index is 0.139. The molecule has 1 fully saturated rings. The Hall–Kier alpha value is -1.55. The molecule has 4 heteroatoms. The summed E-state index contributed by atoms with van der Waals surface area (Å²) in [5, 5.41) is 0. The predicted octanol–water partition coefficient (Wildman–Crippen LogP) is 1.33. The van der Waals surface area contributed by atoms with Gasteiger partial charge in [-0.2, -0.15) is 0 Å². The van der Waals surface area contributed by atoms with Gasteiger partial charge in [-0.25, -0.2) is 0 Å². The molecule has 0 saturated carbocycles. The first kappa shape index (κ1) is 11.5. The lowest BCUT2D eigenvalue weighted by atomic mass is 9.97. The maximum Gasteiger partial charge on any atom is 0.252 e. The Morgan fingerprint density at radius 2 is 2.33 bits per heavy atom. The predicted molar refractivity (Wildman–Crippen MR) is 68.9 cm³/mol. The number of amides is 1. The van der Waals surface area contributed by atoms with Gasteiger partial charge in [-0.15, -0.1) is 0 Å². The third-order valence-electron chi connectivity index (χ3n) is 3.82. The largest absolute Gasteiger partial charge is 0.398 e. The van der Waals surface area contributed by atoms with Crippen molar-refractivity contribution >= 4 is 11.6 Å². The second kappa shape index (κ2) is 4.61. The number of rotatable bonds is 1. The van der Waals surface area contributed by atoms with E-state index in [-0.39, 0.29) is 12.0 Å². The quantitative estimate of drug-likeness (QED) is 0.761. The molecule has 2 heterocycles. The maximum absolute atomic E-state index is 12.3. The number of carbonyl (C=O) groups is 1. The average Bonchev–Trinajstić information content (AvgIpc) is 2.91. The van der Waals surface area contributed by atoms with Crippen molar-refractivity contribution in [2.24, 2.45) is 0 Å². The van der Waals surface area contributed by atoms with Gasteiger partial charge in [0.15, 0.2) is 0 Å². The third-order valence-corrected chi connectivity index (χ3v) is 3.82. The van der Waals surface area contributed by atoms with Gasteiger partial charge in [-0.05, 0) is 36.5 Å². The molecule has 1 amide bonds. The summed E-state index contributed by atoms with van der Waals surface area (Å²) < 4.78 is 5.46. The molecule has 1 aromatic carbocycles. The van der Waals surface area contributed by atoms with Crippen LogP contribution in [0.15, 0.2) is 18.2 Å². The smallest absolute Gasteiger partial charge is 0.252 e. The lowest BCUT2D eigenvalue weighted by Gasteiger charge is -2.31. The fraction of sp³-hybridized carbons (Fsp3) is 0.500. The van der Waals surface area contributed by atoms with E-state index in [0.29, 0.717) is 13.2 Å². The first-order valence-corrected chi connectivity index (χ1v) is 6.52. The molecule has 4 nitrogen and oxygen atoms in total. The zero-order valence-electron chi connectivity index (χ0n) is 10.4. The summed E-state index contributed by atoms with van der Waals surface area (Å²) in [6, 6.07) is 5.94. The lowest BCUT2D eigenvalue weighted by Crippen LogP contribution is -2.42. The number of hydrogen-bond donors (Lipinski definition) is 1. The molecule has 2 N–H and O–H groups in total. The summed E-state index contributed by atoms with van der Waals surface area (Å²) in [6.07, 6.45) is 2.49. The van der Waals surface area contributed by atoms with Gasteiger partial charge < -0.3 is 15.4 Å². The minimum atomic E-state index is -0.215. The van der Waals surface area contributed by atoms with Gasteiger partial charge in [-0.1, -0.05) is 12.1 Å². The second-order valence-electron chi connectivity index (χ2n) is 5.00. The molecule has 2 aliphatic rings. The van der Waals surface area contributed by atoms with E-state index in [0.717, 1.165) is 31.5 Å². The summed E-state index contributed by atoms with van der Waals surface area (Å²) in [6.45, 7) is 2.13. The monoisotopic (exact) mass is 246 g/mol. The molecule has 0 aliphatic carbocycles. The van der Waals surface area contributed by atoms with Crippen molar-refractivity contribution in [2.45, 2.75) is 31.9 Å². The lowest BCUT2D eigenvalue weighted by molar-refractivity contribution is -0.141. The Morgan fingerprint density at radius 1 is 1.44 bits per heavy atom. The number of nitrogens with zero attached hydrogens (tertiary/aromatic N) is 1. The minimum Gasteiger partial charge on any atom is -0.398 e. The van der Waals surface area contributed by atoms with Crippen LogP contribution < -0.4 is 5.73 Å². The van der Waals surface area contributed by atoms with Crippen LogP contribution in [0.25, 0.3) is 0 Å². The molecule has 0 unspecified atom stereocenters. The van der Waals surface area contributed by atoms with Crippen molar-refractivity contribution in [3.05, 3.63) is 29.3 Å². The van der Waals surface area contributed by atoms with E-state index in [1.54, 1.807) is 0 Å². The highest BCUT2D eigenvalue weighted by Gasteiger charge is 2.30. The number of nitrogens with two attached hydrogens (primary N) is 1. The van der Waals surface area contributed by atoms with Crippen LogP contribution in [0.2, 0.25) is 0 Å². The summed E-state index contributed by atoms with van der Waals surface area (Å²) in [7, 11) is 0. The van der Waals surface area contributed by atoms with Gasteiger partial charge >= 0.3 is 0 Å². The van der Waals surface area contributed by atoms with Crippen molar-refractivity contribution in [1.82, 2.24) is 4.90 Å². The van der Waals surface area contributed by atoms with Crippen molar-refractivity contribution in [1.29, 1.82) is 0 Å². The van der Waals surface area contributed by atoms with Crippen molar-refractivity contribution in [3.8, 4) is 0 Å². The first-order valence-electron chi connectivity index (χ1n) is 6.52. The number of nitrogen functional groups attached to an aromatic ring is 1. The summed E-state index contributed by atoms with van der Waals surface area (Å²) in [4.78, 5) is 14.2. The van der Waals surface area contributed by atoms with E-state index < -0.39 is 0 Å². The first-order chi connectivity index (χ1) is 8.75. The van der Waals surface area contributed by atoms with Crippen LogP contribution in [0.3, 0.4) is 0 Å². The molecule has 1 aromatic rings. The van der Waals surface area contributed by atoms with E-state index in [1.807, 2.05) is 17.0 Å². The van der Waals surface area contributed by atoms with Crippen molar-refractivity contribution in [3.63, 3.8) is 0 Å². The van der Waals surface area contributed by atoms with Crippen molar-refractivity contribution < 1.29 is 9.53 Å². The molecule has 1 atom stereocenters. The van der Waals surface area contributed by atoms with E-state index in [4.69, 9.17) is 10.5 Å². The Balaban J connectivity index is 1.76. The van der Waals surface area contributed by atoms with Crippen LogP contribution in [0.4, 0.5) is 5.69 Å². The van der Waals surface area contributed by atoms with Crippen LogP contribution in [0, 0.1) is 0 Å². The Bertz CT molecular complexity index is 467. The van der Waals surface area contributed by atoms with Crippen LogP contribution in [-0.2, 0) is 22.5 Å². The summed E-state index contributed by atoms with van der Waals surface area (Å²) >= 11 is 0. The number of hydrogen-bond acceptors (Lipinski definition) is 3. The van der Waals surface area contributed by atoms with Crippen LogP contribution in [0.1, 0.15) is 24.0 Å². The highest BCUT2D eigenvalue weighted by Crippen LogP contribution is 2.25. The van der Waals surface area contributed by atoms with Crippen molar-refractivity contribution in [2.75, 3.05) is 18.9 Å². The third kappa shape index (κ3) is 1.97. The fourth-order valence-electron chi connectivity index (χ4n) is 2.80. The zero-order valence-corrected chi connectivity index (χ0v) is 10.4. The normalized spacial score (nSPS) is 22.9. The van der Waals surface area contributed by atoms with Crippen LogP contribution in [0.5, 0.6) is 0 Å². The SMILES string of the molecule is Nc1cccc2c1CCN(C(=O)[C@@H]1CCCO1)C2. The molecule has 0 aromatic heterocycles. The van der Waals surface area contributed by atoms with E-state index in [1.165, 1.54) is 11.1 Å². The molecule has 0 spiro atoms. The van der Waals surface area contributed by atoms with E-state index in [2.05, 4.69) is 6.07 Å². The molecule has 2 aliphatic heterocycles. The molecular weight excluding hydrogens is 228 g/mol. The number of fused-ring (bicyclic) bond motifs is 1. The summed E-state index contributed by atoms with van der Waals surface area (Å²) in [5.74, 6) is 0.139. The zero-order chi connectivity index (χ0) is 12.5. The van der Waals surface area contributed by atoms with Crippen LogP contribution in [-0.4, -0.2) is 30.1 Å². The van der Waals surface area contributed by atoms with Gasteiger partial charge in [0, 0.05) is 25.4 Å². The van der Waals surface area contributed by atoms with Gasteiger partial charge in [0.1, 0.15) is 6.10 Å². The highest BCUT2D eigenvalue weighted by atomic mass is 16.5. The molecule has 0 radical (unpaired) electrons. The topological polar surface area (TPSA) is 55.6 Å². The molecule has 18 heavy (non-hydrogen) atoms. The standard InChI is InChI=1S/C14H18N2O2/c15-12-4-1-3-10-9-16(7-6-11(10)12)14(17)13-5-2-8-18-13/h1,3-4,13H,2,5-9,15H2/t13-/m0/s1. The Labute approximate surface area is 107 Å². The average molecular weight is 246 g/mol. The number of anilines is 1. The maximum atomic E-state index is 12.3.